The summed E-state index contributed by atoms with van der Waals surface area (Å²) in [4.78, 5) is 25.5. The van der Waals surface area contributed by atoms with Crippen molar-refractivity contribution in [1.82, 2.24) is 4.90 Å². The van der Waals surface area contributed by atoms with Crippen molar-refractivity contribution in [3.8, 4) is 5.75 Å². The Morgan fingerprint density at radius 3 is 2.65 bits per heavy atom. The summed E-state index contributed by atoms with van der Waals surface area (Å²) in [6, 6.07) is 7.32. The largest absolute Gasteiger partial charge is 0.489 e. The Morgan fingerprint density at radius 2 is 2.00 bits per heavy atom. The first-order valence-electron chi connectivity index (χ1n) is 8.45. The van der Waals surface area contributed by atoms with E-state index >= 15 is 0 Å². The third kappa shape index (κ3) is 4.02. The van der Waals surface area contributed by atoms with Gasteiger partial charge in [-0.05, 0) is 19.1 Å². The Kier molecular flexibility index (Phi) is 5.52. The number of ether oxygens (including phenoxy) is 1. The number of para-hydroxylation sites is 1. The van der Waals surface area contributed by atoms with Crippen LogP contribution in [0.15, 0.2) is 34.9 Å². The number of nitrogens with zero attached hydrogens (tertiary/aromatic N) is 1. The fourth-order valence-corrected chi connectivity index (χ4v) is 3.29. The number of aliphatic carboxylic acids is 1. The lowest BCUT2D eigenvalue weighted by atomic mass is 10.0. The third-order valence-corrected chi connectivity index (χ3v) is 4.75. The molecule has 138 valence electrons. The number of halogens is 1. The molecule has 2 aromatic rings. The molecule has 0 bridgehead atoms. The van der Waals surface area contributed by atoms with Crippen LogP contribution in [0.3, 0.4) is 0 Å². The molecule has 1 fully saturated rings. The van der Waals surface area contributed by atoms with E-state index < -0.39 is 5.97 Å². The Morgan fingerprint density at radius 1 is 1.31 bits per heavy atom. The Labute approximate surface area is 156 Å². The van der Waals surface area contributed by atoms with E-state index in [1.165, 1.54) is 6.26 Å². The highest BCUT2D eigenvalue weighted by Gasteiger charge is 2.29. The van der Waals surface area contributed by atoms with Crippen molar-refractivity contribution in [2.45, 2.75) is 32.3 Å². The quantitative estimate of drug-likeness (QED) is 0.861. The number of carbonyl (C=O) groups is 2. The second-order valence-corrected chi connectivity index (χ2v) is 6.73. The summed E-state index contributed by atoms with van der Waals surface area (Å²) in [5.41, 5.74) is 1.01. The molecule has 0 aliphatic carbocycles. The highest BCUT2D eigenvalue weighted by Crippen LogP contribution is 2.28. The van der Waals surface area contributed by atoms with Gasteiger partial charge in [-0.15, -0.1) is 0 Å². The van der Waals surface area contributed by atoms with E-state index in [0.29, 0.717) is 47.8 Å². The molecule has 0 saturated carbocycles. The maximum atomic E-state index is 12.8. The number of likely N-dealkylation sites (tertiary alicyclic amines) is 1. The minimum Gasteiger partial charge on any atom is -0.489 e. The standard InChI is InChI=1S/C19H20ClNO5/c1-12-11-25-16(10-17(22)23)18(12)19(24)21-8-6-13(7-9-21)26-15-5-3-2-4-14(15)20/h2-5,11,13H,6-10H2,1H3,(H,22,23). The number of hydrogen-bond donors (Lipinski definition) is 1. The fraction of sp³-hybridized carbons (Fsp3) is 0.368. The number of benzene rings is 1. The van der Waals surface area contributed by atoms with E-state index in [2.05, 4.69) is 0 Å². The van der Waals surface area contributed by atoms with Gasteiger partial charge in [0.25, 0.3) is 5.91 Å². The Hall–Kier alpha value is -2.47. The molecule has 1 aliphatic rings. The van der Waals surface area contributed by atoms with Crippen LogP contribution in [0.5, 0.6) is 5.75 Å². The number of carboxylic acids is 1. The lowest BCUT2D eigenvalue weighted by Crippen LogP contribution is -2.42. The average Bonchev–Trinajstić information content (AvgIpc) is 2.96. The third-order valence-electron chi connectivity index (χ3n) is 4.44. The number of carbonyl (C=O) groups excluding carboxylic acids is 1. The summed E-state index contributed by atoms with van der Waals surface area (Å²) < 4.78 is 11.2. The molecular formula is C19H20ClNO5. The first-order chi connectivity index (χ1) is 12.5. The van der Waals surface area contributed by atoms with Gasteiger partial charge < -0.3 is 19.2 Å². The molecule has 6 nitrogen and oxygen atoms in total. The van der Waals surface area contributed by atoms with E-state index in [1.807, 2.05) is 18.2 Å². The maximum Gasteiger partial charge on any atom is 0.311 e. The molecule has 0 spiro atoms. The number of furan rings is 1. The van der Waals surface area contributed by atoms with Crippen LogP contribution in [-0.4, -0.2) is 41.1 Å². The highest BCUT2D eigenvalue weighted by molar-refractivity contribution is 6.32. The number of hydrogen-bond acceptors (Lipinski definition) is 4. The molecule has 0 unspecified atom stereocenters. The van der Waals surface area contributed by atoms with Crippen LogP contribution in [-0.2, 0) is 11.2 Å². The first-order valence-corrected chi connectivity index (χ1v) is 8.82. The minimum atomic E-state index is -1.03. The van der Waals surface area contributed by atoms with Gasteiger partial charge in [0, 0.05) is 31.5 Å². The van der Waals surface area contributed by atoms with Crippen molar-refractivity contribution in [2.75, 3.05) is 13.1 Å². The van der Waals surface area contributed by atoms with Crippen molar-refractivity contribution < 1.29 is 23.8 Å². The molecule has 1 aromatic carbocycles. The summed E-state index contributed by atoms with van der Waals surface area (Å²) in [7, 11) is 0. The van der Waals surface area contributed by atoms with Gasteiger partial charge in [-0.2, -0.15) is 0 Å². The van der Waals surface area contributed by atoms with Gasteiger partial charge in [0.05, 0.1) is 16.8 Å². The van der Waals surface area contributed by atoms with Crippen molar-refractivity contribution in [1.29, 1.82) is 0 Å². The molecule has 2 heterocycles. The smallest absolute Gasteiger partial charge is 0.311 e. The van der Waals surface area contributed by atoms with Gasteiger partial charge >= 0.3 is 5.97 Å². The number of carboxylic acid groups (broad SMARTS) is 1. The summed E-state index contributed by atoms with van der Waals surface area (Å²) in [5, 5.41) is 9.55. The van der Waals surface area contributed by atoms with Crippen molar-refractivity contribution in [2.24, 2.45) is 0 Å². The van der Waals surface area contributed by atoms with Gasteiger partial charge in [0.2, 0.25) is 0 Å². The number of aryl methyl sites for hydroxylation is 1. The van der Waals surface area contributed by atoms with Gasteiger partial charge in [-0.3, -0.25) is 9.59 Å². The van der Waals surface area contributed by atoms with Gasteiger partial charge in [0.15, 0.2) is 0 Å². The van der Waals surface area contributed by atoms with Gasteiger partial charge in [-0.25, -0.2) is 0 Å². The Bertz CT molecular complexity index is 808. The van der Waals surface area contributed by atoms with E-state index in [-0.39, 0.29) is 24.2 Å². The molecule has 3 rings (SSSR count). The minimum absolute atomic E-state index is 0.0112. The zero-order chi connectivity index (χ0) is 18.7. The van der Waals surface area contributed by atoms with Crippen molar-refractivity contribution >= 4 is 23.5 Å². The van der Waals surface area contributed by atoms with Crippen LogP contribution in [0, 0.1) is 6.92 Å². The molecule has 0 atom stereocenters. The summed E-state index contributed by atoms with van der Waals surface area (Å²) in [6.45, 7) is 2.81. The number of amides is 1. The maximum absolute atomic E-state index is 12.8. The molecule has 0 radical (unpaired) electrons. The SMILES string of the molecule is Cc1coc(CC(=O)O)c1C(=O)N1CCC(Oc2ccccc2Cl)CC1. The zero-order valence-corrected chi connectivity index (χ0v) is 15.2. The van der Waals surface area contributed by atoms with Gasteiger partial charge in [0.1, 0.15) is 24.0 Å². The average molecular weight is 378 g/mol. The van der Waals surface area contributed by atoms with E-state index in [1.54, 1.807) is 17.9 Å². The van der Waals surface area contributed by atoms with Crippen LogP contribution in [0.4, 0.5) is 0 Å². The van der Waals surface area contributed by atoms with Crippen LogP contribution >= 0.6 is 11.6 Å². The van der Waals surface area contributed by atoms with Crippen LogP contribution < -0.4 is 4.74 Å². The molecule has 26 heavy (non-hydrogen) atoms. The molecule has 1 saturated heterocycles. The zero-order valence-electron chi connectivity index (χ0n) is 14.4. The summed E-state index contributed by atoms with van der Waals surface area (Å²) in [5.74, 6) is -0.369. The lowest BCUT2D eigenvalue weighted by molar-refractivity contribution is -0.136. The second-order valence-electron chi connectivity index (χ2n) is 6.33. The molecule has 1 N–H and O–H groups in total. The predicted molar refractivity (Wildman–Crippen MR) is 95.8 cm³/mol. The van der Waals surface area contributed by atoms with Crippen molar-refractivity contribution in [3.05, 3.63) is 52.4 Å². The molecule has 7 heteroatoms. The van der Waals surface area contributed by atoms with Crippen LogP contribution in [0.2, 0.25) is 5.02 Å². The molecule has 1 aliphatic heterocycles. The molecule has 1 aromatic heterocycles. The second kappa shape index (κ2) is 7.83. The monoisotopic (exact) mass is 377 g/mol. The fourth-order valence-electron chi connectivity index (χ4n) is 3.11. The predicted octanol–water partition coefficient (Wildman–Crippen LogP) is 3.55. The Balaban J connectivity index is 1.63. The van der Waals surface area contributed by atoms with Crippen LogP contribution in [0.25, 0.3) is 0 Å². The van der Waals surface area contributed by atoms with E-state index in [9.17, 15) is 9.59 Å². The highest BCUT2D eigenvalue weighted by atomic mass is 35.5. The summed E-state index contributed by atoms with van der Waals surface area (Å²) in [6.07, 6.45) is 2.48. The molecule has 1 amide bonds. The molecular weight excluding hydrogens is 358 g/mol. The van der Waals surface area contributed by atoms with Crippen LogP contribution in [0.1, 0.15) is 34.5 Å². The van der Waals surface area contributed by atoms with E-state index in [0.717, 1.165) is 0 Å². The normalized spacial score (nSPS) is 15.1. The lowest BCUT2D eigenvalue weighted by Gasteiger charge is -2.32. The number of piperidine rings is 1. The van der Waals surface area contributed by atoms with E-state index in [4.69, 9.17) is 25.9 Å². The van der Waals surface area contributed by atoms with Crippen molar-refractivity contribution in [3.63, 3.8) is 0 Å². The number of rotatable bonds is 5. The topological polar surface area (TPSA) is 80.0 Å². The summed E-state index contributed by atoms with van der Waals surface area (Å²) >= 11 is 6.12. The first kappa shape index (κ1) is 18.3. The van der Waals surface area contributed by atoms with Gasteiger partial charge in [-0.1, -0.05) is 23.7 Å².